The standard InChI is InChI=1S/C17H23FN4/c1-4-10-22(11-5-2)17-12-16(19-13(3)20-17)21-15-8-6-14(18)7-9-15/h6-9,12H,4-5,10-11H2,1-3H3,(H,19,20,21). The van der Waals surface area contributed by atoms with Gasteiger partial charge in [-0.1, -0.05) is 13.8 Å². The van der Waals surface area contributed by atoms with Crippen molar-refractivity contribution in [1.29, 1.82) is 0 Å². The van der Waals surface area contributed by atoms with E-state index in [9.17, 15) is 4.39 Å². The zero-order chi connectivity index (χ0) is 15.9. The first kappa shape index (κ1) is 16.2. The number of hydrogen-bond donors (Lipinski definition) is 1. The van der Waals surface area contributed by atoms with Crippen LogP contribution in [-0.4, -0.2) is 23.1 Å². The van der Waals surface area contributed by atoms with Crippen molar-refractivity contribution in [1.82, 2.24) is 9.97 Å². The molecule has 0 aliphatic rings. The highest BCUT2D eigenvalue weighted by Crippen LogP contribution is 2.20. The van der Waals surface area contributed by atoms with Crippen LogP contribution in [0.4, 0.5) is 21.7 Å². The van der Waals surface area contributed by atoms with Crippen LogP contribution < -0.4 is 10.2 Å². The van der Waals surface area contributed by atoms with Gasteiger partial charge >= 0.3 is 0 Å². The number of nitrogens with one attached hydrogen (secondary N) is 1. The van der Waals surface area contributed by atoms with E-state index in [-0.39, 0.29) is 5.82 Å². The third-order valence-corrected chi connectivity index (χ3v) is 3.25. The second kappa shape index (κ2) is 7.73. The number of halogens is 1. The van der Waals surface area contributed by atoms with Gasteiger partial charge in [0, 0.05) is 24.8 Å². The number of rotatable bonds is 7. The van der Waals surface area contributed by atoms with Crippen LogP contribution in [0.25, 0.3) is 0 Å². The SMILES string of the molecule is CCCN(CCC)c1cc(Nc2ccc(F)cc2)nc(C)n1. The van der Waals surface area contributed by atoms with E-state index in [0.29, 0.717) is 0 Å². The Kier molecular flexibility index (Phi) is 5.69. The summed E-state index contributed by atoms with van der Waals surface area (Å²) in [6.45, 7) is 8.15. The van der Waals surface area contributed by atoms with E-state index in [1.807, 2.05) is 13.0 Å². The molecule has 22 heavy (non-hydrogen) atoms. The highest BCUT2D eigenvalue weighted by Gasteiger charge is 2.09. The molecule has 0 bridgehead atoms. The van der Waals surface area contributed by atoms with Crippen LogP contribution in [0.5, 0.6) is 0 Å². The van der Waals surface area contributed by atoms with E-state index in [1.165, 1.54) is 12.1 Å². The molecule has 0 aliphatic heterocycles. The first-order valence-corrected chi connectivity index (χ1v) is 7.75. The van der Waals surface area contributed by atoms with Gasteiger partial charge in [0.25, 0.3) is 0 Å². The molecule has 0 amide bonds. The van der Waals surface area contributed by atoms with Crippen LogP contribution in [0.2, 0.25) is 0 Å². The fraction of sp³-hybridized carbons (Fsp3) is 0.412. The molecule has 0 unspecified atom stereocenters. The molecule has 0 saturated carbocycles. The molecule has 1 heterocycles. The molecule has 1 aromatic carbocycles. The molecule has 0 saturated heterocycles. The van der Waals surface area contributed by atoms with Crippen molar-refractivity contribution < 1.29 is 4.39 Å². The average Bonchev–Trinajstić information content (AvgIpc) is 2.49. The highest BCUT2D eigenvalue weighted by molar-refractivity contribution is 5.59. The van der Waals surface area contributed by atoms with Crippen LogP contribution >= 0.6 is 0 Å². The monoisotopic (exact) mass is 302 g/mol. The summed E-state index contributed by atoms with van der Waals surface area (Å²) in [7, 11) is 0. The Balaban J connectivity index is 2.23. The van der Waals surface area contributed by atoms with Gasteiger partial charge in [-0.2, -0.15) is 0 Å². The molecular formula is C17H23FN4. The number of aryl methyl sites for hydroxylation is 1. The van der Waals surface area contributed by atoms with Crippen molar-refractivity contribution in [3.8, 4) is 0 Å². The van der Waals surface area contributed by atoms with Gasteiger partial charge in [-0.05, 0) is 44.0 Å². The second-order valence-electron chi connectivity index (χ2n) is 5.28. The molecule has 0 spiro atoms. The first-order valence-electron chi connectivity index (χ1n) is 7.75. The number of benzene rings is 1. The van der Waals surface area contributed by atoms with Crippen molar-refractivity contribution >= 4 is 17.3 Å². The summed E-state index contributed by atoms with van der Waals surface area (Å²) in [5, 5.41) is 3.21. The molecule has 118 valence electrons. The maximum absolute atomic E-state index is 13.0. The number of hydrogen-bond acceptors (Lipinski definition) is 4. The lowest BCUT2D eigenvalue weighted by Crippen LogP contribution is -2.26. The molecule has 0 fully saturated rings. The van der Waals surface area contributed by atoms with Gasteiger partial charge in [-0.25, -0.2) is 14.4 Å². The van der Waals surface area contributed by atoms with E-state index in [4.69, 9.17) is 0 Å². The van der Waals surface area contributed by atoms with Crippen molar-refractivity contribution in [2.45, 2.75) is 33.6 Å². The third kappa shape index (κ3) is 4.41. The van der Waals surface area contributed by atoms with Crippen LogP contribution in [0.1, 0.15) is 32.5 Å². The van der Waals surface area contributed by atoms with Gasteiger partial charge in [0.05, 0.1) is 0 Å². The predicted molar refractivity (Wildman–Crippen MR) is 89.2 cm³/mol. The maximum atomic E-state index is 13.0. The number of anilines is 3. The van der Waals surface area contributed by atoms with Crippen molar-refractivity contribution in [2.24, 2.45) is 0 Å². The lowest BCUT2D eigenvalue weighted by molar-refractivity contribution is 0.628. The van der Waals surface area contributed by atoms with Crippen LogP contribution in [0, 0.1) is 12.7 Å². The summed E-state index contributed by atoms with van der Waals surface area (Å²) in [4.78, 5) is 11.2. The molecule has 0 radical (unpaired) electrons. The summed E-state index contributed by atoms with van der Waals surface area (Å²) in [6, 6.07) is 8.20. The minimum Gasteiger partial charge on any atom is -0.356 e. The van der Waals surface area contributed by atoms with Crippen LogP contribution in [0.3, 0.4) is 0 Å². The Hall–Kier alpha value is -2.17. The maximum Gasteiger partial charge on any atom is 0.136 e. The highest BCUT2D eigenvalue weighted by atomic mass is 19.1. The third-order valence-electron chi connectivity index (χ3n) is 3.25. The summed E-state index contributed by atoms with van der Waals surface area (Å²) in [5.41, 5.74) is 0.808. The van der Waals surface area contributed by atoms with E-state index in [2.05, 4.69) is 34.0 Å². The normalized spacial score (nSPS) is 10.5. The number of nitrogens with zero attached hydrogens (tertiary/aromatic N) is 3. The Morgan fingerprint density at radius 1 is 1.05 bits per heavy atom. The van der Waals surface area contributed by atoms with Gasteiger partial charge in [0.1, 0.15) is 23.3 Å². The fourth-order valence-corrected chi connectivity index (χ4v) is 2.34. The Morgan fingerprint density at radius 3 is 2.27 bits per heavy atom. The predicted octanol–water partition coefficient (Wildman–Crippen LogP) is 4.29. The van der Waals surface area contributed by atoms with Gasteiger partial charge in [-0.15, -0.1) is 0 Å². The minimum atomic E-state index is -0.248. The second-order valence-corrected chi connectivity index (χ2v) is 5.28. The molecule has 5 heteroatoms. The average molecular weight is 302 g/mol. The van der Waals surface area contributed by atoms with E-state index >= 15 is 0 Å². The molecule has 1 N–H and O–H groups in total. The summed E-state index contributed by atoms with van der Waals surface area (Å²) >= 11 is 0. The molecule has 2 rings (SSSR count). The Morgan fingerprint density at radius 2 is 1.68 bits per heavy atom. The Bertz CT molecular complexity index is 592. The van der Waals surface area contributed by atoms with Gasteiger partial charge in [0.2, 0.25) is 0 Å². The lowest BCUT2D eigenvalue weighted by Gasteiger charge is -2.23. The topological polar surface area (TPSA) is 41.0 Å². The summed E-state index contributed by atoms with van der Waals surface area (Å²) < 4.78 is 13.0. The largest absolute Gasteiger partial charge is 0.356 e. The molecular weight excluding hydrogens is 279 g/mol. The molecule has 0 atom stereocenters. The molecule has 0 aliphatic carbocycles. The van der Waals surface area contributed by atoms with E-state index < -0.39 is 0 Å². The molecule has 2 aromatic rings. The smallest absolute Gasteiger partial charge is 0.136 e. The summed E-state index contributed by atoms with van der Waals surface area (Å²) in [6.07, 6.45) is 2.15. The van der Waals surface area contributed by atoms with Crippen LogP contribution in [0.15, 0.2) is 30.3 Å². The zero-order valence-electron chi connectivity index (χ0n) is 13.4. The van der Waals surface area contributed by atoms with E-state index in [0.717, 1.165) is 49.1 Å². The summed E-state index contributed by atoms with van der Waals surface area (Å²) in [5.74, 6) is 2.13. The number of aromatic nitrogens is 2. The van der Waals surface area contributed by atoms with Crippen molar-refractivity contribution in [3.05, 3.63) is 42.0 Å². The Labute approximate surface area is 131 Å². The van der Waals surface area contributed by atoms with Gasteiger partial charge in [-0.3, -0.25) is 0 Å². The zero-order valence-corrected chi connectivity index (χ0v) is 13.4. The van der Waals surface area contributed by atoms with Crippen molar-refractivity contribution in [3.63, 3.8) is 0 Å². The minimum absolute atomic E-state index is 0.248. The fourth-order valence-electron chi connectivity index (χ4n) is 2.34. The van der Waals surface area contributed by atoms with Crippen molar-refractivity contribution in [2.75, 3.05) is 23.3 Å². The van der Waals surface area contributed by atoms with E-state index in [1.54, 1.807) is 12.1 Å². The van der Waals surface area contributed by atoms with Gasteiger partial charge in [0.15, 0.2) is 0 Å². The molecule has 1 aromatic heterocycles. The molecule has 4 nitrogen and oxygen atoms in total. The first-order chi connectivity index (χ1) is 10.6. The van der Waals surface area contributed by atoms with Crippen LogP contribution in [-0.2, 0) is 0 Å². The lowest BCUT2D eigenvalue weighted by atomic mass is 10.3. The quantitative estimate of drug-likeness (QED) is 0.828. The van der Waals surface area contributed by atoms with Gasteiger partial charge < -0.3 is 10.2 Å².